The maximum Gasteiger partial charge on any atom is 0.278 e. The molecule has 0 aliphatic carbocycles. The van der Waals surface area contributed by atoms with Crippen LogP contribution in [-0.2, 0) is 16.0 Å². The quantitative estimate of drug-likeness (QED) is 0.407. The highest BCUT2D eigenvalue weighted by Crippen LogP contribution is 2.35. The summed E-state index contributed by atoms with van der Waals surface area (Å²) >= 11 is 1.14. The van der Waals surface area contributed by atoms with E-state index in [1.807, 2.05) is 82.3 Å². The summed E-state index contributed by atoms with van der Waals surface area (Å²) in [5.41, 5.74) is 5.88. The van der Waals surface area contributed by atoms with E-state index in [9.17, 15) is 9.59 Å². The standard InChI is InChI=1S/C26H26N4O2S/c1-16-10-11-21(17(2)14-16)29-22-23(33-26-27-18(3)15-19(4)28-26)25(32)30(24(22)31)13-12-20-8-6-5-7-9-20/h5-11,14-15,29H,12-13H2,1-4H3. The van der Waals surface area contributed by atoms with Gasteiger partial charge in [0, 0.05) is 23.6 Å². The van der Waals surface area contributed by atoms with Crippen LogP contribution >= 0.6 is 11.8 Å². The second-order valence-electron chi connectivity index (χ2n) is 8.18. The number of nitrogens with one attached hydrogen (secondary N) is 1. The number of aromatic nitrogens is 2. The molecule has 2 aromatic carbocycles. The lowest BCUT2D eigenvalue weighted by molar-refractivity contribution is -0.137. The molecule has 0 spiro atoms. The van der Waals surface area contributed by atoms with Crippen molar-refractivity contribution in [3.63, 3.8) is 0 Å². The number of carbonyl (C=O) groups is 2. The van der Waals surface area contributed by atoms with Crippen LogP contribution in [0.4, 0.5) is 5.69 Å². The van der Waals surface area contributed by atoms with Crippen molar-refractivity contribution >= 4 is 29.3 Å². The van der Waals surface area contributed by atoms with E-state index in [0.29, 0.717) is 23.0 Å². The van der Waals surface area contributed by atoms with Crippen LogP contribution in [0.5, 0.6) is 0 Å². The molecule has 2 heterocycles. The number of carbonyl (C=O) groups excluding carboxylic acids is 2. The Kier molecular flexibility index (Phi) is 6.60. The van der Waals surface area contributed by atoms with Gasteiger partial charge in [-0.25, -0.2) is 9.97 Å². The van der Waals surface area contributed by atoms with Gasteiger partial charge in [-0.1, -0.05) is 48.0 Å². The third kappa shape index (κ3) is 5.14. The van der Waals surface area contributed by atoms with E-state index in [1.165, 1.54) is 4.90 Å². The van der Waals surface area contributed by atoms with E-state index < -0.39 is 0 Å². The molecule has 6 nitrogen and oxygen atoms in total. The summed E-state index contributed by atoms with van der Waals surface area (Å²) in [6.07, 6.45) is 0.590. The zero-order valence-corrected chi connectivity index (χ0v) is 20.0. The molecule has 0 unspecified atom stereocenters. The highest BCUT2D eigenvalue weighted by molar-refractivity contribution is 8.04. The van der Waals surface area contributed by atoms with E-state index in [1.54, 1.807) is 0 Å². The summed E-state index contributed by atoms with van der Waals surface area (Å²) in [4.78, 5) is 37.3. The Morgan fingerprint density at radius 3 is 2.24 bits per heavy atom. The molecule has 0 fully saturated rings. The summed E-state index contributed by atoms with van der Waals surface area (Å²) in [6, 6.07) is 17.7. The number of thioether (sulfide) groups is 1. The van der Waals surface area contributed by atoms with Crippen LogP contribution < -0.4 is 5.32 Å². The van der Waals surface area contributed by atoms with E-state index in [4.69, 9.17) is 0 Å². The lowest BCUT2D eigenvalue weighted by atomic mass is 10.1. The molecule has 1 aromatic heterocycles. The van der Waals surface area contributed by atoms with Crippen LogP contribution in [0.15, 0.2) is 70.4 Å². The first-order chi connectivity index (χ1) is 15.8. The van der Waals surface area contributed by atoms with Crippen LogP contribution in [0.1, 0.15) is 28.1 Å². The fraction of sp³-hybridized carbons (Fsp3) is 0.231. The predicted octanol–water partition coefficient (Wildman–Crippen LogP) is 4.74. The number of imide groups is 1. The Morgan fingerprint density at radius 1 is 0.879 bits per heavy atom. The van der Waals surface area contributed by atoms with Gasteiger partial charge in [0.2, 0.25) is 0 Å². The van der Waals surface area contributed by atoms with Crippen molar-refractivity contribution in [2.75, 3.05) is 11.9 Å². The third-order valence-electron chi connectivity index (χ3n) is 5.39. The van der Waals surface area contributed by atoms with Gasteiger partial charge in [0.15, 0.2) is 5.16 Å². The molecule has 4 rings (SSSR count). The molecule has 0 radical (unpaired) electrons. The first-order valence-corrected chi connectivity index (χ1v) is 11.6. The summed E-state index contributed by atoms with van der Waals surface area (Å²) in [6.45, 7) is 8.07. The normalized spacial score (nSPS) is 13.8. The minimum Gasteiger partial charge on any atom is -0.350 e. The van der Waals surface area contributed by atoms with E-state index >= 15 is 0 Å². The number of anilines is 1. The van der Waals surface area contributed by atoms with Crippen molar-refractivity contribution in [1.82, 2.24) is 14.9 Å². The lowest BCUT2D eigenvalue weighted by Crippen LogP contribution is -2.34. The Bertz CT molecular complexity index is 1230. The third-order valence-corrected chi connectivity index (χ3v) is 6.34. The molecule has 3 aromatic rings. The van der Waals surface area contributed by atoms with Gasteiger partial charge in [-0.3, -0.25) is 14.5 Å². The van der Waals surface area contributed by atoms with Crippen LogP contribution in [0, 0.1) is 27.7 Å². The number of rotatable bonds is 7. The summed E-state index contributed by atoms with van der Waals surface area (Å²) < 4.78 is 0. The van der Waals surface area contributed by atoms with Crippen molar-refractivity contribution < 1.29 is 9.59 Å². The number of hydrogen-bond acceptors (Lipinski definition) is 6. The number of nitrogens with zero attached hydrogens (tertiary/aromatic N) is 3. The maximum absolute atomic E-state index is 13.4. The van der Waals surface area contributed by atoms with Crippen molar-refractivity contribution in [3.8, 4) is 0 Å². The molecular weight excluding hydrogens is 432 g/mol. The highest BCUT2D eigenvalue weighted by atomic mass is 32.2. The number of amides is 2. The zero-order valence-electron chi connectivity index (χ0n) is 19.2. The number of benzene rings is 2. The SMILES string of the molecule is Cc1ccc(NC2=C(Sc3nc(C)cc(C)n3)C(=O)N(CCc3ccccc3)C2=O)c(C)c1. The van der Waals surface area contributed by atoms with Crippen molar-refractivity contribution in [3.05, 3.63) is 93.3 Å². The lowest BCUT2D eigenvalue weighted by Gasteiger charge is -2.15. The van der Waals surface area contributed by atoms with Crippen molar-refractivity contribution in [2.24, 2.45) is 0 Å². The molecule has 0 atom stereocenters. The summed E-state index contributed by atoms with van der Waals surface area (Å²) in [5, 5.41) is 3.69. The predicted molar refractivity (Wildman–Crippen MR) is 131 cm³/mol. The van der Waals surface area contributed by atoms with E-state index in [-0.39, 0.29) is 17.5 Å². The molecule has 33 heavy (non-hydrogen) atoms. The van der Waals surface area contributed by atoms with Gasteiger partial charge in [0.05, 0.1) is 0 Å². The molecule has 1 aliphatic rings. The van der Waals surface area contributed by atoms with Gasteiger partial charge in [-0.2, -0.15) is 0 Å². The summed E-state index contributed by atoms with van der Waals surface area (Å²) in [7, 11) is 0. The van der Waals surface area contributed by atoms with Crippen molar-refractivity contribution in [2.45, 2.75) is 39.3 Å². The van der Waals surface area contributed by atoms with Crippen LogP contribution in [0.3, 0.4) is 0 Å². The van der Waals surface area contributed by atoms with E-state index in [2.05, 4.69) is 15.3 Å². The van der Waals surface area contributed by atoms with Crippen LogP contribution in [0.25, 0.3) is 0 Å². The maximum atomic E-state index is 13.4. The number of aryl methyl sites for hydroxylation is 4. The fourth-order valence-electron chi connectivity index (χ4n) is 3.77. The molecule has 0 saturated carbocycles. The minimum atomic E-state index is -0.331. The van der Waals surface area contributed by atoms with Crippen LogP contribution in [0.2, 0.25) is 0 Å². The minimum absolute atomic E-state index is 0.271. The van der Waals surface area contributed by atoms with Gasteiger partial charge >= 0.3 is 0 Å². The Labute approximate surface area is 198 Å². The first kappa shape index (κ1) is 22.7. The average molecular weight is 459 g/mol. The molecule has 0 saturated heterocycles. The zero-order chi connectivity index (χ0) is 23.5. The Morgan fingerprint density at radius 2 is 1.58 bits per heavy atom. The largest absolute Gasteiger partial charge is 0.350 e. The Balaban J connectivity index is 1.66. The van der Waals surface area contributed by atoms with Crippen LogP contribution in [-0.4, -0.2) is 33.2 Å². The summed E-state index contributed by atoms with van der Waals surface area (Å²) in [5.74, 6) is -0.654. The topological polar surface area (TPSA) is 75.2 Å². The van der Waals surface area contributed by atoms with E-state index in [0.717, 1.165) is 45.5 Å². The fourth-order valence-corrected chi connectivity index (χ4v) is 4.77. The molecular formula is C26H26N4O2S. The molecule has 0 bridgehead atoms. The average Bonchev–Trinajstić information content (AvgIpc) is 2.98. The number of hydrogen-bond donors (Lipinski definition) is 1. The van der Waals surface area contributed by atoms with Gasteiger partial charge in [-0.15, -0.1) is 0 Å². The first-order valence-electron chi connectivity index (χ1n) is 10.8. The molecule has 1 N–H and O–H groups in total. The second kappa shape index (κ2) is 9.58. The van der Waals surface area contributed by atoms with Gasteiger partial charge in [0.1, 0.15) is 10.6 Å². The van der Waals surface area contributed by atoms with Gasteiger partial charge in [0.25, 0.3) is 11.8 Å². The van der Waals surface area contributed by atoms with Gasteiger partial charge in [-0.05, 0) is 69.1 Å². The van der Waals surface area contributed by atoms with Crippen molar-refractivity contribution in [1.29, 1.82) is 0 Å². The molecule has 2 amide bonds. The highest BCUT2D eigenvalue weighted by Gasteiger charge is 2.39. The molecule has 7 heteroatoms. The molecule has 1 aliphatic heterocycles. The van der Waals surface area contributed by atoms with Gasteiger partial charge < -0.3 is 5.32 Å². The Hall–Kier alpha value is -3.45. The molecule has 168 valence electrons. The second-order valence-corrected chi connectivity index (χ2v) is 9.16. The smallest absolute Gasteiger partial charge is 0.278 e. The monoisotopic (exact) mass is 458 g/mol.